The van der Waals surface area contributed by atoms with Crippen molar-refractivity contribution in [3.8, 4) is 0 Å². The van der Waals surface area contributed by atoms with Crippen molar-refractivity contribution in [2.24, 2.45) is 5.92 Å². The molecule has 0 bridgehead atoms. The maximum atomic E-state index is 11.6. The zero-order valence-corrected chi connectivity index (χ0v) is 12.7. The smallest absolute Gasteiger partial charge is 0.407 e. The molecule has 112 valence electrons. The summed E-state index contributed by atoms with van der Waals surface area (Å²) in [4.78, 5) is 11.6. The first kappa shape index (κ1) is 16.2. The van der Waals surface area contributed by atoms with Crippen molar-refractivity contribution in [3.05, 3.63) is 0 Å². The number of rotatable bonds is 5. The fourth-order valence-corrected chi connectivity index (χ4v) is 2.15. The normalized spacial score (nSPS) is 18.9. The molecule has 1 amide bonds. The van der Waals surface area contributed by atoms with Gasteiger partial charge in [0.15, 0.2) is 0 Å². The van der Waals surface area contributed by atoms with Crippen LogP contribution in [-0.4, -0.2) is 43.9 Å². The first-order chi connectivity index (χ1) is 8.87. The van der Waals surface area contributed by atoms with E-state index in [-0.39, 0.29) is 12.1 Å². The lowest BCUT2D eigenvalue weighted by Gasteiger charge is -2.24. The summed E-state index contributed by atoms with van der Waals surface area (Å²) >= 11 is 0. The average Bonchev–Trinajstić information content (AvgIpc) is 2.27. The molecule has 1 saturated heterocycles. The molecule has 1 rings (SSSR count). The minimum Gasteiger partial charge on any atom is -0.444 e. The summed E-state index contributed by atoms with van der Waals surface area (Å²) in [6, 6.07) is 0.0802. The van der Waals surface area contributed by atoms with Gasteiger partial charge in [-0.1, -0.05) is 0 Å². The summed E-state index contributed by atoms with van der Waals surface area (Å²) in [6.07, 6.45) is 2.13. The highest BCUT2D eigenvalue weighted by Crippen LogP contribution is 2.09. The number of hydrogen-bond donors (Lipinski definition) is 3. The molecule has 0 radical (unpaired) electrons. The maximum absolute atomic E-state index is 11.6. The van der Waals surface area contributed by atoms with Crippen molar-refractivity contribution < 1.29 is 9.53 Å². The second-order valence-corrected chi connectivity index (χ2v) is 6.40. The zero-order valence-electron chi connectivity index (χ0n) is 12.7. The average molecular weight is 271 g/mol. The van der Waals surface area contributed by atoms with Gasteiger partial charge in [0.25, 0.3) is 0 Å². The van der Waals surface area contributed by atoms with Gasteiger partial charge in [-0.25, -0.2) is 4.79 Å². The van der Waals surface area contributed by atoms with Gasteiger partial charge in [0.05, 0.1) is 0 Å². The molecule has 1 fully saturated rings. The molecule has 0 spiro atoms. The number of piperidine rings is 1. The predicted molar refractivity (Wildman–Crippen MR) is 77.3 cm³/mol. The van der Waals surface area contributed by atoms with E-state index in [0.29, 0.717) is 0 Å². The van der Waals surface area contributed by atoms with E-state index in [1.54, 1.807) is 0 Å². The quantitative estimate of drug-likeness (QED) is 0.709. The molecule has 1 heterocycles. The lowest BCUT2D eigenvalue weighted by atomic mass is 9.98. The van der Waals surface area contributed by atoms with Crippen LogP contribution in [0.5, 0.6) is 0 Å². The Balaban J connectivity index is 2.10. The first-order valence-electron chi connectivity index (χ1n) is 7.28. The molecule has 3 N–H and O–H groups in total. The van der Waals surface area contributed by atoms with Crippen LogP contribution >= 0.6 is 0 Å². The molecule has 5 heteroatoms. The van der Waals surface area contributed by atoms with E-state index in [9.17, 15) is 4.79 Å². The molecule has 0 aromatic heterocycles. The highest BCUT2D eigenvalue weighted by molar-refractivity contribution is 5.68. The molecule has 0 aromatic rings. The number of carbonyl (C=O) groups is 1. The number of ether oxygens (including phenoxy) is 1. The van der Waals surface area contributed by atoms with Crippen molar-refractivity contribution in [1.29, 1.82) is 0 Å². The fraction of sp³-hybridized carbons (Fsp3) is 0.929. The molecular weight excluding hydrogens is 242 g/mol. The van der Waals surface area contributed by atoms with Crippen molar-refractivity contribution >= 4 is 6.09 Å². The largest absolute Gasteiger partial charge is 0.444 e. The SMILES string of the molecule is CC(CNCC1CCNCC1)NC(=O)OC(C)(C)C. The van der Waals surface area contributed by atoms with Crippen molar-refractivity contribution in [3.63, 3.8) is 0 Å². The topological polar surface area (TPSA) is 62.4 Å². The van der Waals surface area contributed by atoms with Crippen LogP contribution < -0.4 is 16.0 Å². The Bertz CT molecular complexity index is 270. The third-order valence-corrected chi connectivity index (χ3v) is 3.11. The van der Waals surface area contributed by atoms with E-state index >= 15 is 0 Å². The van der Waals surface area contributed by atoms with Crippen LogP contribution in [0.3, 0.4) is 0 Å². The predicted octanol–water partition coefficient (Wildman–Crippen LogP) is 1.49. The van der Waals surface area contributed by atoms with Crippen LogP contribution in [0, 0.1) is 5.92 Å². The summed E-state index contributed by atoms with van der Waals surface area (Å²) < 4.78 is 5.22. The van der Waals surface area contributed by atoms with E-state index in [0.717, 1.165) is 32.1 Å². The van der Waals surface area contributed by atoms with Gasteiger partial charge in [-0.3, -0.25) is 0 Å². The van der Waals surface area contributed by atoms with E-state index < -0.39 is 5.60 Å². The second-order valence-electron chi connectivity index (χ2n) is 6.40. The third-order valence-electron chi connectivity index (χ3n) is 3.11. The highest BCUT2D eigenvalue weighted by atomic mass is 16.6. The molecular formula is C14H29N3O2. The van der Waals surface area contributed by atoms with Gasteiger partial charge >= 0.3 is 6.09 Å². The maximum Gasteiger partial charge on any atom is 0.407 e. The van der Waals surface area contributed by atoms with E-state index in [1.165, 1.54) is 12.8 Å². The second kappa shape index (κ2) is 7.70. The highest BCUT2D eigenvalue weighted by Gasteiger charge is 2.18. The summed E-state index contributed by atoms with van der Waals surface area (Å²) in [5.41, 5.74) is -0.438. The van der Waals surface area contributed by atoms with Gasteiger partial charge in [0, 0.05) is 12.6 Å². The summed E-state index contributed by atoms with van der Waals surface area (Å²) in [7, 11) is 0. The standard InChI is InChI=1S/C14H29N3O2/c1-11(17-13(18)19-14(2,3)4)9-16-10-12-5-7-15-8-6-12/h11-12,15-16H,5-10H2,1-4H3,(H,17,18). The van der Waals surface area contributed by atoms with Gasteiger partial charge in [-0.05, 0) is 66.1 Å². The Kier molecular flexibility index (Phi) is 6.58. The van der Waals surface area contributed by atoms with Crippen LogP contribution in [0.4, 0.5) is 4.79 Å². The molecule has 1 unspecified atom stereocenters. The van der Waals surface area contributed by atoms with Gasteiger partial charge < -0.3 is 20.7 Å². The molecule has 19 heavy (non-hydrogen) atoms. The van der Waals surface area contributed by atoms with Gasteiger partial charge in [-0.15, -0.1) is 0 Å². The number of amides is 1. The Hall–Kier alpha value is -0.810. The van der Waals surface area contributed by atoms with Crippen LogP contribution in [0.25, 0.3) is 0 Å². The molecule has 5 nitrogen and oxygen atoms in total. The first-order valence-corrected chi connectivity index (χ1v) is 7.28. The minimum absolute atomic E-state index is 0.0802. The monoisotopic (exact) mass is 271 g/mol. The van der Waals surface area contributed by atoms with Crippen molar-refractivity contribution in [2.75, 3.05) is 26.2 Å². The summed E-state index contributed by atoms with van der Waals surface area (Å²) in [5.74, 6) is 0.759. The third kappa shape index (κ3) is 8.06. The fourth-order valence-electron chi connectivity index (χ4n) is 2.15. The summed E-state index contributed by atoms with van der Waals surface area (Å²) in [6.45, 7) is 11.6. The Morgan fingerprint density at radius 1 is 1.37 bits per heavy atom. The minimum atomic E-state index is -0.438. The van der Waals surface area contributed by atoms with Crippen LogP contribution in [0.1, 0.15) is 40.5 Å². The Labute approximate surface area is 116 Å². The van der Waals surface area contributed by atoms with Gasteiger partial charge in [0.1, 0.15) is 5.60 Å². The van der Waals surface area contributed by atoms with Crippen LogP contribution in [0.2, 0.25) is 0 Å². The van der Waals surface area contributed by atoms with Crippen LogP contribution in [-0.2, 0) is 4.74 Å². The molecule has 1 atom stereocenters. The number of hydrogen-bond acceptors (Lipinski definition) is 4. The lowest BCUT2D eigenvalue weighted by molar-refractivity contribution is 0.0508. The molecule has 0 aromatic carbocycles. The number of nitrogens with one attached hydrogen (secondary N) is 3. The molecule has 0 saturated carbocycles. The lowest BCUT2D eigenvalue weighted by Crippen LogP contribution is -2.44. The Morgan fingerprint density at radius 2 is 2.00 bits per heavy atom. The van der Waals surface area contributed by atoms with E-state index in [1.807, 2.05) is 27.7 Å². The van der Waals surface area contributed by atoms with Gasteiger partial charge in [-0.2, -0.15) is 0 Å². The van der Waals surface area contributed by atoms with E-state index in [2.05, 4.69) is 16.0 Å². The van der Waals surface area contributed by atoms with E-state index in [4.69, 9.17) is 4.74 Å². The summed E-state index contributed by atoms with van der Waals surface area (Å²) in [5, 5.41) is 9.62. The van der Waals surface area contributed by atoms with Crippen LogP contribution in [0.15, 0.2) is 0 Å². The molecule has 1 aliphatic heterocycles. The number of carbonyl (C=O) groups excluding carboxylic acids is 1. The number of alkyl carbamates (subject to hydrolysis) is 1. The van der Waals surface area contributed by atoms with Gasteiger partial charge in [0.2, 0.25) is 0 Å². The Morgan fingerprint density at radius 3 is 2.58 bits per heavy atom. The van der Waals surface area contributed by atoms with Crippen molar-refractivity contribution in [2.45, 2.75) is 52.2 Å². The molecule has 0 aliphatic carbocycles. The van der Waals surface area contributed by atoms with Crippen molar-refractivity contribution in [1.82, 2.24) is 16.0 Å². The zero-order chi connectivity index (χ0) is 14.3. The molecule has 1 aliphatic rings.